The molecular weight excluding hydrogens is 186 g/mol. The fraction of sp³-hybridized carbons (Fsp3) is 1.00. The number of hydrogen-bond donors (Lipinski definition) is 1. The molecule has 2 atom stereocenters. The lowest BCUT2D eigenvalue weighted by Crippen LogP contribution is -2.40. The molecular formula is C13H25NO. The maximum atomic E-state index is 5.71. The van der Waals surface area contributed by atoms with Crippen molar-refractivity contribution in [1.29, 1.82) is 0 Å². The van der Waals surface area contributed by atoms with Crippen LogP contribution in [0.5, 0.6) is 0 Å². The smallest absolute Gasteiger partial charge is 0.0576 e. The summed E-state index contributed by atoms with van der Waals surface area (Å²) in [6, 6.07) is 0. The fourth-order valence-electron chi connectivity index (χ4n) is 3.21. The lowest BCUT2D eigenvalue weighted by molar-refractivity contribution is 0.0933. The highest BCUT2D eigenvalue weighted by Gasteiger charge is 2.33. The highest BCUT2D eigenvalue weighted by atomic mass is 16.5. The Kier molecular flexibility index (Phi) is 4.04. The first kappa shape index (κ1) is 11.4. The van der Waals surface area contributed by atoms with E-state index in [4.69, 9.17) is 4.74 Å². The molecule has 0 spiro atoms. The van der Waals surface area contributed by atoms with Gasteiger partial charge in [0.05, 0.1) is 6.10 Å². The average Bonchev–Trinajstić information content (AvgIpc) is 2.85. The van der Waals surface area contributed by atoms with Gasteiger partial charge in [0.2, 0.25) is 0 Å². The second-order valence-corrected chi connectivity index (χ2v) is 5.23. The van der Waals surface area contributed by atoms with Crippen LogP contribution in [0.2, 0.25) is 0 Å². The van der Waals surface area contributed by atoms with Gasteiger partial charge in [0.1, 0.15) is 0 Å². The highest BCUT2D eigenvalue weighted by Crippen LogP contribution is 2.31. The van der Waals surface area contributed by atoms with Crippen LogP contribution in [-0.4, -0.2) is 24.8 Å². The van der Waals surface area contributed by atoms with Gasteiger partial charge in [0.25, 0.3) is 0 Å². The summed E-state index contributed by atoms with van der Waals surface area (Å²) in [5.74, 6) is 0. The normalized spacial score (nSPS) is 36.2. The van der Waals surface area contributed by atoms with E-state index in [9.17, 15) is 0 Å². The molecule has 0 amide bonds. The first-order valence-corrected chi connectivity index (χ1v) is 6.71. The summed E-state index contributed by atoms with van der Waals surface area (Å²) in [5.41, 5.74) is 0.473. The summed E-state index contributed by atoms with van der Waals surface area (Å²) in [6.07, 6.45) is 11.1. The molecule has 0 aromatic rings. The Morgan fingerprint density at radius 3 is 2.87 bits per heavy atom. The molecule has 0 bridgehead atoms. The van der Waals surface area contributed by atoms with Gasteiger partial charge < -0.3 is 10.1 Å². The van der Waals surface area contributed by atoms with E-state index >= 15 is 0 Å². The fourth-order valence-corrected chi connectivity index (χ4v) is 3.21. The summed E-state index contributed by atoms with van der Waals surface area (Å²) in [6.45, 7) is 4.53. The minimum atomic E-state index is 0.473. The van der Waals surface area contributed by atoms with Crippen LogP contribution in [0.4, 0.5) is 0 Å². The van der Waals surface area contributed by atoms with Gasteiger partial charge >= 0.3 is 0 Å². The van der Waals surface area contributed by atoms with Crippen molar-refractivity contribution in [3.63, 3.8) is 0 Å². The third kappa shape index (κ3) is 2.94. The molecule has 0 aliphatic carbocycles. The minimum Gasteiger partial charge on any atom is -0.378 e. The summed E-state index contributed by atoms with van der Waals surface area (Å²) < 4.78 is 5.71. The third-order valence-corrected chi connectivity index (χ3v) is 4.03. The standard InChI is InChI=1S/C13H25NO/c1-2-7-13(8-4-10-14-13)9-6-12-5-3-11-15-12/h12,14H,2-11H2,1H3. The molecule has 2 aliphatic heterocycles. The van der Waals surface area contributed by atoms with E-state index < -0.39 is 0 Å². The molecule has 2 aliphatic rings. The Bertz CT molecular complexity index is 181. The Balaban J connectivity index is 1.78. The predicted octanol–water partition coefficient (Wildman–Crippen LogP) is 2.87. The molecule has 2 nitrogen and oxygen atoms in total. The number of hydrogen-bond acceptors (Lipinski definition) is 2. The van der Waals surface area contributed by atoms with Crippen LogP contribution in [0, 0.1) is 0 Å². The van der Waals surface area contributed by atoms with Gasteiger partial charge in [-0.3, -0.25) is 0 Å². The van der Waals surface area contributed by atoms with Gasteiger partial charge in [-0.1, -0.05) is 13.3 Å². The topological polar surface area (TPSA) is 21.3 Å². The first-order valence-electron chi connectivity index (χ1n) is 6.71. The largest absolute Gasteiger partial charge is 0.378 e. The van der Waals surface area contributed by atoms with Gasteiger partial charge in [-0.2, -0.15) is 0 Å². The molecule has 2 fully saturated rings. The van der Waals surface area contributed by atoms with Gasteiger partial charge in [-0.25, -0.2) is 0 Å². The highest BCUT2D eigenvalue weighted by molar-refractivity contribution is 4.93. The Morgan fingerprint density at radius 2 is 2.27 bits per heavy atom. The van der Waals surface area contributed by atoms with Crippen molar-refractivity contribution in [1.82, 2.24) is 5.32 Å². The van der Waals surface area contributed by atoms with Crippen LogP contribution in [0.1, 0.15) is 58.3 Å². The zero-order valence-electron chi connectivity index (χ0n) is 10.1. The van der Waals surface area contributed by atoms with E-state index in [2.05, 4.69) is 12.2 Å². The van der Waals surface area contributed by atoms with Gasteiger partial charge in [-0.15, -0.1) is 0 Å². The van der Waals surface area contributed by atoms with Crippen molar-refractivity contribution < 1.29 is 4.74 Å². The molecule has 2 rings (SSSR count). The monoisotopic (exact) mass is 211 g/mol. The van der Waals surface area contributed by atoms with Gasteiger partial charge in [0.15, 0.2) is 0 Å². The van der Waals surface area contributed by atoms with Crippen molar-refractivity contribution >= 4 is 0 Å². The summed E-state index contributed by atoms with van der Waals surface area (Å²) in [5, 5.41) is 3.74. The van der Waals surface area contributed by atoms with Crippen molar-refractivity contribution in [2.24, 2.45) is 0 Å². The van der Waals surface area contributed by atoms with E-state index in [1.165, 1.54) is 57.9 Å². The summed E-state index contributed by atoms with van der Waals surface area (Å²) in [7, 11) is 0. The van der Waals surface area contributed by atoms with Crippen LogP contribution < -0.4 is 5.32 Å². The van der Waals surface area contributed by atoms with E-state index in [0.717, 1.165) is 6.61 Å². The van der Waals surface area contributed by atoms with Crippen LogP contribution in [-0.2, 0) is 4.74 Å². The number of rotatable bonds is 5. The van der Waals surface area contributed by atoms with E-state index in [1.54, 1.807) is 0 Å². The molecule has 2 heteroatoms. The second kappa shape index (κ2) is 5.31. The van der Waals surface area contributed by atoms with E-state index in [1.807, 2.05) is 0 Å². The van der Waals surface area contributed by atoms with Crippen molar-refractivity contribution in [2.45, 2.75) is 69.9 Å². The molecule has 1 N–H and O–H groups in total. The molecule has 2 heterocycles. The molecule has 0 aromatic carbocycles. The molecule has 0 radical (unpaired) electrons. The van der Waals surface area contributed by atoms with Gasteiger partial charge in [-0.05, 0) is 51.5 Å². The Hall–Kier alpha value is -0.0800. The van der Waals surface area contributed by atoms with Crippen LogP contribution in [0.15, 0.2) is 0 Å². The lowest BCUT2D eigenvalue weighted by Gasteiger charge is -2.30. The maximum Gasteiger partial charge on any atom is 0.0576 e. The zero-order valence-corrected chi connectivity index (χ0v) is 10.1. The molecule has 0 aromatic heterocycles. The van der Waals surface area contributed by atoms with Gasteiger partial charge in [0, 0.05) is 12.1 Å². The Morgan fingerprint density at radius 1 is 1.33 bits per heavy atom. The number of ether oxygens (including phenoxy) is 1. The van der Waals surface area contributed by atoms with Crippen LogP contribution >= 0.6 is 0 Å². The quantitative estimate of drug-likeness (QED) is 0.755. The SMILES string of the molecule is CCCC1(CCC2CCCO2)CCCN1. The second-order valence-electron chi connectivity index (χ2n) is 5.23. The summed E-state index contributed by atoms with van der Waals surface area (Å²) >= 11 is 0. The first-order chi connectivity index (χ1) is 7.35. The lowest BCUT2D eigenvalue weighted by atomic mass is 9.86. The van der Waals surface area contributed by atoms with E-state index in [0.29, 0.717) is 11.6 Å². The van der Waals surface area contributed by atoms with Crippen LogP contribution in [0.3, 0.4) is 0 Å². The number of nitrogens with one attached hydrogen (secondary N) is 1. The molecule has 2 saturated heterocycles. The minimum absolute atomic E-state index is 0.473. The van der Waals surface area contributed by atoms with Crippen molar-refractivity contribution in [3.05, 3.63) is 0 Å². The predicted molar refractivity (Wildman–Crippen MR) is 63.1 cm³/mol. The summed E-state index contributed by atoms with van der Waals surface area (Å²) in [4.78, 5) is 0. The molecule has 2 unspecified atom stereocenters. The average molecular weight is 211 g/mol. The maximum absolute atomic E-state index is 5.71. The third-order valence-electron chi connectivity index (χ3n) is 4.03. The van der Waals surface area contributed by atoms with Crippen LogP contribution in [0.25, 0.3) is 0 Å². The zero-order chi connectivity index (χ0) is 10.6. The van der Waals surface area contributed by atoms with E-state index in [-0.39, 0.29) is 0 Å². The molecule has 15 heavy (non-hydrogen) atoms. The van der Waals surface area contributed by atoms with Crippen molar-refractivity contribution in [2.75, 3.05) is 13.2 Å². The molecule has 88 valence electrons. The molecule has 0 saturated carbocycles. The Labute approximate surface area is 93.8 Å². The van der Waals surface area contributed by atoms with Crippen molar-refractivity contribution in [3.8, 4) is 0 Å².